The molecular weight excluding hydrogens is 382 g/mol. The van der Waals surface area contributed by atoms with Crippen molar-refractivity contribution in [2.45, 2.75) is 77.0 Å². The van der Waals surface area contributed by atoms with Crippen LogP contribution in [0.15, 0.2) is 24.5 Å². The molecule has 160 valence electrons. The number of amides is 1. The van der Waals surface area contributed by atoms with E-state index in [2.05, 4.69) is 16.5 Å². The van der Waals surface area contributed by atoms with E-state index >= 15 is 0 Å². The zero-order valence-electron chi connectivity index (χ0n) is 17.6. The molecule has 2 aliphatic carbocycles. The Morgan fingerprint density at radius 3 is 2.43 bits per heavy atom. The van der Waals surface area contributed by atoms with E-state index < -0.39 is 17.7 Å². The summed E-state index contributed by atoms with van der Waals surface area (Å²) in [5, 5.41) is 16.8. The molecule has 2 N–H and O–H groups in total. The van der Waals surface area contributed by atoms with Crippen LogP contribution in [0.4, 0.5) is 5.69 Å². The molecule has 0 fully saturated rings. The van der Waals surface area contributed by atoms with Gasteiger partial charge in [-0.2, -0.15) is 5.10 Å². The lowest BCUT2D eigenvalue weighted by molar-refractivity contribution is -0.165. The SMILES string of the molecule is CC(C)(CC(=O)Nc1c2c(cc3c1CCC3)CCC2)OC(Cn1cccn1)C(=O)O. The number of carboxylic acid groups (broad SMARTS) is 1. The highest BCUT2D eigenvalue weighted by molar-refractivity contribution is 5.94. The summed E-state index contributed by atoms with van der Waals surface area (Å²) in [4.78, 5) is 24.6. The van der Waals surface area contributed by atoms with Gasteiger partial charge in [-0.25, -0.2) is 4.79 Å². The number of aromatic nitrogens is 2. The predicted octanol–water partition coefficient (Wildman–Crippen LogP) is 3.14. The summed E-state index contributed by atoms with van der Waals surface area (Å²) in [6.45, 7) is 3.60. The second-order valence-electron chi connectivity index (χ2n) is 8.89. The molecule has 1 amide bonds. The van der Waals surface area contributed by atoms with Gasteiger partial charge in [-0.15, -0.1) is 0 Å². The molecule has 4 rings (SSSR count). The number of aliphatic carboxylic acids is 1. The molecule has 0 aliphatic heterocycles. The summed E-state index contributed by atoms with van der Waals surface area (Å²) in [6.07, 6.45) is 8.69. The van der Waals surface area contributed by atoms with E-state index in [0.29, 0.717) is 0 Å². The normalized spacial score (nSPS) is 16.2. The van der Waals surface area contributed by atoms with E-state index in [-0.39, 0.29) is 18.9 Å². The molecule has 0 saturated heterocycles. The highest BCUT2D eigenvalue weighted by Crippen LogP contribution is 2.38. The molecule has 0 saturated carbocycles. The van der Waals surface area contributed by atoms with Crippen LogP contribution in [0.25, 0.3) is 0 Å². The first-order chi connectivity index (χ1) is 14.3. The van der Waals surface area contributed by atoms with Gasteiger partial charge in [0.05, 0.1) is 18.6 Å². The fourth-order valence-electron chi connectivity index (χ4n) is 4.71. The first-order valence-corrected chi connectivity index (χ1v) is 10.7. The van der Waals surface area contributed by atoms with Gasteiger partial charge in [-0.1, -0.05) is 6.07 Å². The largest absolute Gasteiger partial charge is 0.479 e. The van der Waals surface area contributed by atoms with Crippen LogP contribution in [0.5, 0.6) is 0 Å². The van der Waals surface area contributed by atoms with Crippen molar-refractivity contribution in [1.82, 2.24) is 9.78 Å². The molecule has 1 aromatic carbocycles. The number of carbonyl (C=O) groups is 2. The second-order valence-corrected chi connectivity index (χ2v) is 8.89. The van der Waals surface area contributed by atoms with Crippen LogP contribution >= 0.6 is 0 Å². The predicted molar refractivity (Wildman–Crippen MR) is 113 cm³/mol. The van der Waals surface area contributed by atoms with E-state index in [4.69, 9.17) is 4.74 Å². The summed E-state index contributed by atoms with van der Waals surface area (Å²) in [7, 11) is 0. The highest BCUT2D eigenvalue weighted by Gasteiger charge is 2.32. The van der Waals surface area contributed by atoms with Crippen molar-refractivity contribution in [2.24, 2.45) is 0 Å². The number of aryl methyl sites for hydroxylation is 2. The molecule has 30 heavy (non-hydrogen) atoms. The fraction of sp³-hybridized carbons (Fsp3) is 0.522. The van der Waals surface area contributed by atoms with Crippen LogP contribution in [0.3, 0.4) is 0 Å². The molecule has 2 aliphatic rings. The van der Waals surface area contributed by atoms with Crippen LogP contribution < -0.4 is 5.32 Å². The van der Waals surface area contributed by atoms with Gasteiger partial charge in [0.15, 0.2) is 6.10 Å². The summed E-state index contributed by atoms with van der Waals surface area (Å²) in [5.74, 6) is -1.21. The maximum Gasteiger partial charge on any atom is 0.334 e. The van der Waals surface area contributed by atoms with E-state index in [1.54, 1.807) is 32.3 Å². The zero-order chi connectivity index (χ0) is 21.3. The van der Waals surface area contributed by atoms with Crippen molar-refractivity contribution < 1.29 is 19.4 Å². The topological polar surface area (TPSA) is 93.5 Å². The first kappa shape index (κ1) is 20.6. The van der Waals surface area contributed by atoms with Crippen molar-refractivity contribution >= 4 is 17.6 Å². The number of benzene rings is 1. The van der Waals surface area contributed by atoms with E-state index in [0.717, 1.165) is 44.2 Å². The quantitative estimate of drug-likeness (QED) is 0.696. The Labute approximate surface area is 176 Å². The van der Waals surface area contributed by atoms with Crippen LogP contribution in [0.1, 0.15) is 55.4 Å². The number of fused-ring (bicyclic) bond motifs is 2. The Hall–Kier alpha value is -2.67. The van der Waals surface area contributed by atoms with Gasteiger partial charge >= 0.3 is 5.97 Å². The number of carbonyl (C=O) groups excluding carboxylic acids is 1. The van der Waals surface area contributed by atoms with Gasteiger partial charge in [-0.3, -0.25) is 9.48 Å². The number of carboxylic acids is 1. The van der Waals surface area contributed by atoms with Crippen molar-refractivity contribution in [3.05, 3.63) is 46.8 Å². The average Bonchev–Trinajstić information content (AvgIpc) is 3.41. The van der Waals surface area contributed by atoms with E-state index in [1.165, 1.54) is 26.9 Å². The van der Waals surface area contributed by atoms with Crippen molar-refractivity contribution in [2.75, 3.05) is 5.32 Å². The molecule has 2 aromatic rings. The zero-order valence-corrected chi connectivity index (χ0v) is 17.6. The third-order valence-electron chi connectivity index (χ3n) is 5.97. The molecule has 1 aromatic heterocycles. The molecule has 7 nitrogen and oxygen atoms in total. The van der Waals surface area contributed by atoms with Gasteiger partial charge in [0.2, 0.25) is 5.91 Å². The minimum Gasteiger partial charge on any atom is -0.479 e. The number of nitrogens with one attached hydrogen (secondary N) is 1. The van der Waals surface area contributed by atoms with Crippen molar-refractivity contribution in [3.63, 3.8) is 0 Å². The number of rotatable bonds is 8. The summed E-state index contributed by atoms with van der Waals surface area (Å²) >= 11 is 0. The standard InChI is InChI=1S/C23H29N3O4/c1-23(2,30-19(22(28)29)14-26-11-5-10-24-26)13-20(27)25-21-17-8-3-6-15(17)12-16-7-4-9-18(16)21/h5,10-12,19H,3-4,6-9,13-14H2,1-2H3,(H,25,27)(H,28,29). The lowest BCUT2D eigenvalue weighted by Crippen LogP contribution is -2.40. The smallest absolute Gasteiger partial charge is 0.334 e. The molecule has 0 radical (unpaired) electrons. The first-order valence-electron chi connectivity index (χ1n) is 10.7. The molecular formula is C23H29N3O4. The second kappa shape index (κ2) is 8.22. The van der Waals surface area contributed by atoms with Crippen molar-refractivity contribution in [1.29, 1.82) is 0 Å². The Morgan fingerprint density at radius 1 is 1.20 bits per heavy atom. The van der Waals surface area contributed by atoms with Gasteiger partial charge < -0.3 is 15.2 Å². The average molecular weight is 412 g/mol. The Balaban J connectivity index is 1.45. The van der Waals surface area contributed by atoms with Crippen LogP contribution in [-0.2, 0) is 46.6 Å². The minimum atomic E-state index is -1.09. The highest BCUT2D eigenvalue weighted by atomic mass is 16.5. The van der Waals surface area contributed by atoms with Gasteiger partial charge in [0.25, 0.3) is 0 Å². The van der Waals surface area contributed by atoms with E-state index in [1.807, 2.05) is 0 Å². The summed E-state index contributed by atoms with van der Waals surface area (Å²) in [5.41, 5.74) is 5.37. The van der Waals surface area contributed by atoms with Gasteiger partial charge in [-0.05, 0) is 80.7 Å². The molecule has 1 unspecified atom stereocenters. The molecule has 7 heteroatoms. The maximum atomic E-state index is 12.9. The Bertz CT molecular complexity index is 918. The number of hydrogen-bond donors (Lipinski definition) is 2. The number of ether oxygens (including phenoxy) is 1. The van der Waals surface area contributed by atoms with E-state index in [9.17, 15) is 14.7 Å². The lowest BCUT2D eigenvalue weighted by Gasteiger charge is -2.29. The third-order valence-corrected chi connectivity index (χ3v) is 5.97. The molecule has 1 atom stereocenters. The molecule has 0 spiro atoms. The summed E-state index contributed by atoms with van der Waals surface area (Å²) in [6, 6.07) is 4.06. The fourth-order valence-corrected chi connectivity index (χ4v) is 4.71. The van der Waals surface area contributed by atoms with Gasteiger partial charge in [0, 0.05) is 18.1 Å². The van der Waals surface area contributed by atoms with Crippen LogP contribution in [0, 0.1) is 0 Å². The van der Waals surface area contributed by atoms with Crippen LogP contribution in [0.2, 0.25) is 0 Å². The summed E-state index contributed by atoms with van der Waals surface area (Å²) < 4.78 is 7.36. The third kappa shape index (κ3) is 4.41. The Morgan fingerprint density at radius 2 is 1.87 bits per heavy atom. The number of nitrogens with zero attached hydrogens (tertiary/aromatic N) is 2. The molecule has 0 bridgehead atoms. The lowest BCUT2D eigenvalue weighted by atomic mass is 9.98. The maximum absolute atomic E-state index is 12.9. The van der Waals surface area contributed by atoms with Crippen molar-refractivity contribution in [3.8, 4) is 0 Å². The van der Waals surface area contributed by atoms with Crippen LogP contribution in [-0.4, -0.2) is 38.5 Å². The number of hydrogen-bond acceptors (Lipinski definition) is 4. The van der Waals surface area contributed by atoms with Gasteiger partial charge in [0.1, 0.15) is 0 Å². The Kier molecular flexibility index (Phi) is 5.64. The minimum absolute atomic E-state index is 0.0777. The molecule has 1 heterocycles. The monoisotopic (exact) mass is 411 g/mol. The number of anilines is 1.